The van der Waals surface area contributed by atoms with Crippen LogP contribution in [0.15, 0.2) is 0 Å². The third-order valence-corrected chi connectivity index (χ3v) is 4.69. The third-order valence-electron chi connectivity index (χ3n) is 4.69. The van der Waals surface area contributed by atoms with E-state index in [1.165, 1.54) is 13.5 Å². The number of piperidine rings is 1. The normalized spacial score (nSPS) is 20.7. The molecule has 1 aliphatic heterocycles. The van der Waals surface area contributed by atoms with Gasteiger partial charge in [-0.1, -0.05) is 6.92 Å². The van der Waals surface area contributed by atoms with Crippen molar-refractivity contribution in [2.24, 2.45) is 5.92 Å². The summed E-state index contributed by atoms with van der Waals surface area (Å²) in [4.78, 5) is 30.0. The maximum Gasteiger partial charge on any atom is 0.339 e. The second-order valence-electron chi connectivity index (χ2n) is 6.40. The standard InChI is InChI=1S/C17H26N2O3/c1-10-7-6-8-19(9-10)13(4)16(20)15-11(2)14(12(3)18-15)17(21)22-5/h10,13,18H,6-9H2,1-5H3/t10-,13+/m0/s1. The van der Waals surface area contributed by atoms with Crippen LogP contribution in [0.25, 0.3) is 0 Å². The van der Waals surface area contributed by atoms with E-state index < -0.39 is 5.97 Å². The van der Waals surface area contributed by atoms with E-state index in [-0.39, 0.29) is 11.8 Å². The zero-order valence-corrected chi connectivity index (χ0v) is 14.2. The molecule has 2 rings (SSSR count). The predicted molar refractivity (Wildman–Crippen MR) is 85.4 cm³/mol. The number of aryl methyl sites for hydroxylation is 1. The van der Waals surface area contributed by atoms with E-state index >= 15 is 0 Å². The number of esters is 1. The Labute approximate surface area is 132 Å². The molecule has 22 heavy (non-hydrogen) atoms. The quantitative estimate of drug-likeness (QED) is 0.686. The highest BCUT2D eigenvalue weighted by molar-refractivity contribution is 6.03. The molecule has 2 atom stereocenters. The van der Waals surface area contributed by atoms with Crippen molar-refractivity contribution in [2.45, 2.75) is 46.6 Å². The number of hydrogen-bond donors (Lipinski definition) is 1. The molecule has 1 aliphatic rings. The molecule has 0 aromatic carbocycles. The summed E-state index contributed by atoms with van der Waals surface area (Å²) < 4.78 is 4.80. The SMILES string of the molecule is COC(=O)c1c(C)[nH]c(C(=O)[C@@H](C)N2CCC[C@H](C)C2)c1C. The van der Waals surface area contributed by atoms with Gasteiger partial charge in [-0.05, 0) is 51.6 Å². The van der Waals surface area contributed by atoms with Gasteiger partial charge in [0.05, 0.1) is 24.4 Å². The second kappa shape index (κ2) is 6.65. The molecule has 0 unspecified atom stereocenters. The zero-order chi connectivity index (χ0) is 16.4. The van der Waals surface area contributed by atoms with Crippen molar-refractivity contribution in [2.75, 3.05) is 20.2 Å². The molecule has 1 fully saturated rings. The van der Waals surface area contributed by atoms with E-state index in [1.54, 1.807) is 13.8 Å². The monoisotopic (exact) mass is 306 g/mol. The van der Waals surface area contributed by atoms with Gasteiger partial charge in [0, 0.05) is 12.2 Å². The minimum absolute atomic E-state index is 0.0462. The molecule has 0 spiro atoms. The van der Waals surface area contributed by atoms with Gasteiger partial charge in [0.15, 0.2) is 5.78 Å². The average molecular weight is 306 g/mol. The van der Waals surface area contributed by atoms with Crippen LogP contribution in [0.1, 0.15) is 58.8 Å². The van der Waals surface area contributed by atoms with Gasteiger partial charge < -0.3 is 9.72 Å². The number of H-pyrrole nitrogens is 1. The van der Waals surface area contributed by atoms with Crippen LogP contribution in [0.4, 0.5) is 0 Å². The highest BCUT2D eigenvalue weighted by Crippen LogP contribution is 2.23. The summed E-state index contributed by atoms with van der Waals surface area (Å²) in [5, 5.41) is 0. The number of carbonyl (C=O) groups excluding carboxylic acids is 2. The molecule has 122 valence electrons. The fourth-order valence-corrected chi connectivity index (χ4v) is 3.36. The number of nitrogens with one attached hydrogen (secondary N) is 1. The van der Waals surface area contributed by atoms with E-state index in [0.717, 1.165) is 19.5 Å². The van der Waals surface area contributed by atoms with Crippen molar-refractivity contribution in [1.82, 2.24) is 9.88 Å². The number of rotatable bonds is 4. The van der Waals surface area contributed by atoms with Crippen LogP contribution in [0.5, 0.6) is 0 Å². The van der Waals surface area contributed by atoms with Crippen LogP contribution < -0.4 is 0 Å². The second-order valence-corrected chi connectivity index (χ2v) is 6.40. The Morgan fingerprint density at radius 2 is 2.05 bits per heavy atom. The number of aromatic amines is 1. The van der Waals surface area contributed by atoms with Crippen molar-refractivity contribution in [3.63, 3.8) is 0 Å². The van der Waals surface area contributed by atoms with Gasteiger partial charge in [0.25, 0.3) is 0 Å². The summed E-state index contributed by atoms with van der Waals surface area (Å²) in [6.07, 6.45) is 2.36. The number of hydrogen-bond acceptors (Lipinski definition) is 4. The zero-order valence-electron chi connectivity index (χ0n) is 14.2. The smallest absolute Gasteiger partial charge is 0.339 e. The van der Waals surface area contributed by atoms with E-state index in [1.807, 2.05) is 6.92 Å². The van der Waals surface area contributed by atoms with Gasteiger partial charge in [-0.3, -0.25) is 9.69 Å². The maximum atomic E-state index is 12.8. The molecule has 0 aliphatic carbocycles. The number of methoxy groups -OCH3 is 1. The predicted octanol–water partition coefficient (Wildman–Crippen LogP) is 2.72. The Morgan fingerprint density at radius 1 is 1.36 bits per heavy atom. The summed E-state index contributed by atoms with van der Waals surface area (Å²) in [6.45, 7) is 9.68. The summed E-state index contributed by atoms with van der Waals surface area (Å²) in [6, 6.07) is -0.176. The van der Waals surface area contributed by atoms with Crippen molar-refractivity contribution in [3.8, 4) is 0 Å². The van der Waals surface area contributed by atoms with Crippen LogP contribution in [-0.2, 0) is 4.74 Å². The summed E-state index contributed by atoms with van der Waals surface area (Å²) in [7, 11) is 1.35. The third kappa shape index (κ3) is 3.09. The van der Waals surface area contributed by atoms with E-state index in [2.05, 4.69) is 16.8 Å². The molecule has 0 bridgehead atoms. The Morgan fingerprint density at radius 3 is 2.64 bits per heavy atom. The first kappa shape index (κ1) is 16.7. The Hall–Kier alpha value is -1.62. The van der Waals surface area contributed by atoms with Crippen molar-refractivity contribution >= 4 is 11.8 Å². The molecule has 1 N–H and O–H groups in total. The molecular weight excluding hydrogens is 280 g/mol. The number of Topliss-reactive ketones (excluding diaryl/α,β-unsaturated/α-hetero) is 1. The minimum Gasteiger partial charge on any atom is -0.465 e. The lowest BCUT2D eigenvalue weighted by Gasteiger charge is -2.34. The molecular formula is C17H26N2O3. The molecule has 1 saturated heterocycles. The van der Waals surface area contributed by atoms with Gasteiger partial charge in [0.1, 0.15) is 0 Å². The fourth-order valence-electron chi connectivity index (χ4n) is 3.36. The first-order valence-electron chi connectivity index (χ1n) is 7.92. The molecule has 5 nitrogen and oxygen atoms in total. The molecule has 2 heterocycles. The van der Waals surface area contributed by atoms with Crippen molar-refractivity contribution in [3.05, 3.63) is 22.5 Å². The average Bonchev–Trinajstić information content (AvgIpc) is 2.80. The van der Waals surface area contributed by atoms with Gasteiger partial charge in [-0.2, -0.15) is 0 Å². The van der Waals surface area contributed by atoms with Gasteiger partial charge in [0.2, 0.25) is 0 Å². The number of likely N-dealkylation sites (tertiary alicyclic amines) is 1. The maximum absolute atomic E-state index is 12.8. The van der Waals surface area contributed by atoms with E-state index in [0.29, 0.717) is 28.4 Å². The Kier molecular flexibility index (Phi) is 5.06. The number of ketones is 1. The summed E-state index contributed by atoms with van der Waals surface area (Å²) in [5.41, 5.74) is 2.38. The minimum atomic E-state index is -0.399. The molecule has 5 heteroatoms. The van der Waals surface area contributed by atoms with Crippen molar-refractivity contribution < 1.29 is 14.3 Å². The van der Waals surface area contributed by atoms with Gasteiger partial charge in [-0.25, -0.2) is 4.79 Å². The van der Waals surface area contributed by atoms with E-state index in [4.69, 9.17) is 4.74 Å². The van der Waals surface area contributed by atoms with Crippen LogP contribution in [0.3, 0.4) is 0 Å². The molecule has 0 radical (unpaired) electrons. The van der Waals surface area contributed by atoms with Gasteiger partial charge >= 0.3 is 5.97 Å². The number of aromatic nitrogens is 1. The number of nitrogens with zero attached hydrogens (tertiary/aromatic N) is 1. The number of carbonyl (C=O) groups is 2. The largest absolute Gasteiger partial charge is 0.465 e. The fraction of sp³-hybridized carbons (Fsp3) is 0.647. The lowest BCUT2D eigenvalue weighted by atomic mass is 9.97. The van der Waals surface area contributed by atoms with Gasteiger partial charge in [-0.15, -0.1) is 0 Å². The van der Waals surface area contributed by atoms with Crippen molar-refractivity contribution in [1.29, 1.82) is 0 Å². The van der Waals surface area contributed by atoms with Crippen LogP contribution in [-0.4, -0.2) is 47.9 Å². The lowest BCUT2D eigenvalue weighted by Crippen LogP contribution is -2.44. The summed E-state index contributed by atoms with van der Waals surface area (Å²) in [5.74, 6) is 0.274. The Balaban J connectivity index is 2.24. The highest BCUT2D eigenvalue weighted by Gasteiger charge is 2.30. The lowest BCUT2D eigenvalue weighted by molar-refractivity contribution is 0.0599. The molecule has 0 saturated carbocycles. The van der Waals surface area contributed by atoms with Crippen LogP contribution in [0, 0.1) is 19.8 Å². The highest BCUT2D eigenvalue weighted by atomic mass is 16.5. The topological polar surface area (TPSA) is 62.4 Å². The number of ether oxygens (including phenoxy) is 1. The molecule has 1 aromatic rings. The Bertz CT molecular complexity index is 577. The first-order chi connectivity index (χ1) is 10.4. The molecule has 0 amide bonds. The first-order valence-corrected chi connectivity index (χ1v) is 7.92. The molecule has 1 aromatic heterocycles. The van der Waals surface area contributed by atoms with E-state index in [9.17, 15) is 9.59 Å². The van der Waals surface area contributed by atoms with Crippen LogP contribution in [0.2, 0.25) is 0 Å². The summed E-state index contributed by atoms with van der Waals surface area (Å²) >= 11 is 0. The van der Waals surface area contributed by atoms with Crippen LogP contribution >= 0.6 is 0 Å².